The lowest BCUT2D eigenvalue weighted by Gasteiger charge is -2.15. The van der Waals surface area contributed by atoms with Crippen LogP contribution >= 0.6 is 27.3 Å². The summed E-state index contributed by atoms with van der Waals surface area (Å²) in [5.41, 5.74) is 6.45. The third kappa shape index (κ3) is 1.66. The zero-order valence-corrected chi connectivity index (χ0v) is 12.2. The molecule has 0 aromatic carbocycles. The maximum Gasteiger partial charge on any atom is 0.0285 e. The van der Waals surface area contributed by atoms with Gasteiger partial charge in [-0.2, -0.15) is 0 Å². The fourth-order valence-corrected chi connectivity index (χ4v) is 6.32. The van der Waals surface area contributed by atoms with Gasteiger partial charge in [0.25, 0.3) is 0 Å². The van der Waals surface area contributed by atoms with E-state index in [0.29, 0.717) is 6.04 Å². The molecule has 1 heterocycles. The van der Waals surface area contributed by atoms with E-state index in [1.165, 1.54) is 28.6 Å². The van der Waals surface area contributed by atoms with Crippen LogP contribution in [0.5, 0.6) is 0 Å². The zero-order chi connectivity index (χ0) is 11.6. The van der Waals surface area contributed by atoms with Gasteiger partial charge < -0.3 is 5.73 Å². The van der Waals surface area contributed by atoms with Gasteiger partial charge in [0.2, 0.25) is 0 Å². The van der Waals surface area contributed by atoms with Gasteiger partial charge in [0.05, 0.1) is 0 Å². The predicted molar refractivity (Wildman–Crippen MR) is 75.0 cm³/mol. The van der Waals surface area contributed by atoms with Crippen LogP contribution in [0.3, 0.4) is 0 Å². The van der Waals surface area contributed by atoms with Crippen LogP contribution in [0.15, 0.2) is 15.9 Å². The molecule has 1 aromatic rings. The minimum Gasteiger partial charge on any atom is -0.327 e. The second kappa shape index (κ2) is 3.82. The van der Waals surface area contributed by atoms with Crippen LogP contribution in [0, 0.1) is 29.6 Å². The summed E-state index contributed by atoms with van der Waals surface area (Å²) in [6.45, 7) is 0. The van der Waals surface area contributed by atoms with Gasteiger partial charge in [-0.1, -0.05) is 0 Å². The number of halogens is 1. The average Bonchev–Trinajstić information content (AvgIpc) is 2.65. The first kappa shape index (κ1) is 11.0. The highest BCUT2D eigenvalue weighted by molar-refractivity contribution is 9.10. The Labute approximate surface area is 115 Å². The monoisotopic (exact) mass is 311 g/mol. The molecular weight excluding hydrogens is 294 g/mol. The van der Waals surface area contributed by atoms with Crippen LogP contribution < -0.4 is 5.73 Å². The molecule has 3 aliphatic carbocycles. The molecule has 92 valence electrons. The van der Waals surface area contributed by atoms with Gasteiger partial charge in [-0.15, -0.1) is 11.3 Å². The van der Waals surface area contributed by atoms with Crippen molar-refractivity contribution in [2.24, 2.45) is 35.3 Å². The van der Waals surface area contributed by atoms with Crippen molar-refractivity contribution in [2.45, 2.75) is 31.7 Å². The largest absolute Gasteiger partial charge is 0.327 e. The summed E-state index contributed by atoms with van der Waals surface area (Å²) in [6, 6.07) is 2.65. The lowest BCUT2D eigenvalue weighted by molar-refractivity contribution is 0.410. The second-order valence-electron chi connectivity index (χ2n) is 6.16. The van der Waals surface area contributed by atoms with Crippen LogP contribution in [0.4, 0.5) is 0 Å². The number of fused-ring (bicyclic) bond motifs is 5. The maximum absolute atomic E-state index is 6.45. The molecule has 2 bridgehead atoms. The number of nitrogens with two attached hydrogens (primary N) is 1. The molecule has 5 atom stereocenters. The topological polar surface area (TPSA) is 26.0 Å². The number of hydrogen-bond donors (Lipinski definition) is 1. The van der Waals surface area contributed by atoms with Crippen molar-refractivity contribution in [3.05, 3.63) is 20.8 Å². The van der Waals surface area contributed by atoms with Crippen LogP contribution in [0.25, 0.3) is 0 Å². The van der Waals surface area contributed by atoms with E-state index in [9.17, 15) is 0 Å². The highest BCUT2D eigenvalue weighted by Crippen LogP contribution is 2.70. The van der Waals surface area contributed by atoms with Crippen molar-refractivity contribution in [3.63, 3.8) is 0 Å². The third-order valence-electron chi connectivity index (χ3n) is 5.35. The highest BCUT2D eigenvalue weighted by atomic mass is 79.9. The van der Waals surface area contributed by atoms with E-state index < -0.39 is 0 Å². The molecule has 5 unspecified atom stereocenters. The SMILES string of the molecule is NC(Cc1cc(Br)cs1)C1C2C3CCC(C3)C12. The van der Waals surface area contributed by atoms with Crippen molar-refractivity contribution >= 4 is 27.3 Å². The van der Waals surface area contributed by atoms with Crippen LogP contribution in [0.2, 0.25) is 0 Å². The van der Waals surface area contributed by atoms with Crippen LogP contribution in [0.1, 0.15) is 24.1 Å². The Morgan fingerprint density at radius 3 is 2.65 bits per heavy atom. The molecule has 2 N–H and O–H groups in total. The lowest BCUT2D eigenvalue weighted by Crippen LogP contribution is -2.28. The summed E-state index contributed by atoms with van der Waals surface area (Å²) in [5.74, 6) is 5.01. The Morgan fingerprint density at radius 1 is 1.35 bits per heavy atom. The van der Waals surface area contributed by atoms with Gasteiger partial charge in [-0.25, -0.2) is 0 Å². The molecule has 0 amide bonds. The normalized spacial score (nSPS) is 43.8. The molecule has 0 spiro atoms. The van der Waals surface area contributed by atoms with E-state index in [-0.39, 0.29) is 0 Å². The smallest absolute Gasteiger partial charge is 0.0285 e. The zero-order valence-electron chi connectivity index (χ0n) is 9.81. The standard InChI is InChI=1S/C14H18BrNS/c15-9-4-10(17-6-9)5-11(16)14-12-7-1-2-8(3-7)13(12)14/h4,6-8,11-14H,1-3,5,16H2. The van der Waals surface area contributed by atoms with Crippen molar-refractivity contribution < 1.29 is 0 Å². The Hall–Kier alpha value is 0.140. The van der Waals surface area contributed by atoms with E-state index in [0.717, 1.165) is 36.0 Å². The van der Waals surface area contributed by atoms with E-state index in [4.69, 9.17) is 5.73 Å². The summed E-state index contributed by atoms with van der Waals surface area (Å²) in [4.78, 5) is 1.45. The highest BCUT2D eigenvalue weighted by Gasteiger charge is 2.65. The molecular formula is C14H18BrNS. The van der Waals surface area contributed by atoms with Crippen molar-refractivity contribution in [1.29, 1.82) is 0 Å². The molecule has 3 aliphatic rings. The summed E-state index contributed by atoms with van der Waals surface area (Å²) in [6.07, 6.45) is 5.62. The molecule has 0 aliphatic heterocycles. The first-order valence-electron chi connectivity index (χ1n) is 6.72. The first-order chi connectivity index (χ1) is 8.24. The number of hydrogen-bond acceptors (Lipinski definition) is 2. The molecule has 3 saturated carbocycles. The molecule has 0 radical (unpaired) electrons. The van der Waals surface area contributed by atoms with Gasteiger partial charge in [0.1, 0.15) is 0 Å². The maximum atomic E-state index is 6.45. The van der Waals surface area contributed by atoms with Crippen molar-refractivity contribution in [3.8, 4) is 0 Å². The van der Waals surface area contributed by atoms with E-state index in [1.54, 1.807) is 0 Å². The fourth-order valence-electron chi connectivity index (χ4n) is 4.79. The van der Waals surface area contributed by atoms with Gasteiger partial charge in [-0.3, -0.25) is 0 Å². The second-order valence-corrected chi connectivity index (χ2v) is 8.08. The summed E-state index contributed by atoms with van der Waals surface area (Å²) in [5, 5.41) is 2.17. The summed E-state index contributed by atoms with van der Waals surface area (Å²) >= 11 is 5.36. The molecule has 17 heavy (non-hydrogen) atoms. The predicted octanol–water partition coefficient (Wildman–Crippen LogP) is 3.67. The average molecular weight is 312 g/mol. The Kier molecular flexibility index (Phi) is 2.47. The Morgan fingerprint density at radius 2 is 2.06 bits per heavy atom. The fraction of sp³-hybridized carbons (Fsp3) is 0.714. The van der Waals surface area contributed by atoms with Crippen molar-refractivity contribution in [1.82, 2.24) is 0 Å². The van der Waals surface area contributed by atoms with E-state index >= 15 is 0 Å². The summed E-state index contributed by atoms with van der Waals surface area (Å²) in [7, 11) is 0. The van der Waals surface area contributed by atoms with Crippen molar-refractivity contribution in [2.75, 3.05) is 0 Å². The summed E-state index contributed by atoms with van der Waals surface area (Å²) < 4.78 is 1.21. The van der Waals surface area contributed by atoms with Gasteiger partial charge in [-0.05, 0) is 77.3 Å². The Balaban J connectivity index is 1.44. The molecule has 1 nitrogen and oxygen atoms in total. The molecule has 1 aromatic heterocycles. The minimum absolute atomic E-state index is 0.416. The van der Waals surface area contributed by atoms with Gasteiger partial charge >= 0.3 is 0 Å². The molecule has 4 rings (SSSR count). The molecule has 3 heteroatoms. The van der Waals surface area contributed by atoms with E-state index in [1.807, 2.05) is 11.3 Å². The van der Waals surface area contributed by atoms with Gasteiger partial charge in [0, 0.05) is 20.8 Å². The minimum atomic E-state index is 0.416. The van der Waals surface area contributed by atoms with E-state index in [2.05, 4.69) is 27.4 Å². The third-order valence-corrected chi connectivity index (χ3v) is 7.07. The Bertz CT molecular complexity index is 427. The molecule has 0 saturated heterocycles. The van der Waals surface area contributed by atoms with Crippen LogP contribution in [-0.4, -0.2) is 6.04 Å². The van der Waals surface area contributed by atoms with Crippen LogP contribution in [-0.2, 0) is 6.42 Å². The lowest BCUT2D eigenvalue weighted by atomic mass is 9.96. The first-order valence-corrected chi connectivity index (χ1v) is 8.40. The number of rotatable bonds is 3. The number of thiophene rings is 1. The quantitative estimate of drug-likeness (QED) is 0.905. The van der Waals surface area contributed by atoms with Gasteiger partial charge in [0.15, 0.2) is 0 Å². The molecule has 3 fully saturated rings.